The van der Waals surface area contributed by atoms with Crippen LogP contribution in [0, 0.1) is 0 Å². The summed E-state index contributed by atoms with van der Waals surface area (Å²) >= 11 is 0. The summed E-state index contributed by atoms with van der Waals surface area (Å²) in [5.74, 6) is 0. The van der Waals surface area contributed by atoms with Crippen LogP contribution in [-0.2, 0) is 0 Å². The lowest BCUT2D eigenvalue weighted by atomic mass is 10.1. The van der Waals surface area contributed by atoms with Crippen molar-refractivity contribution >= 4 is 0 Å². The Morgan fingerprint density at radius 3 is 1.81 bits per heavy atom. The lowest BCUT2D eigenvalue weighted by Gasteiger charge is -2.05. The Morgan fingerprint density at radius 2 is 1.50 bits per heavy atom. The Hall–Kier alpha value is -0.0800. The average molecular weight is 230 g/mol. The molecule has 0 aliphatic carbocycles. The van der Waals surface area contributed by atoms with Gasteiger partial charge in [0.05, 0.1) is 0 Å². The quantitative estimate of drug-likeness (QED) is 0.645. The summed E-state index contributed by atoms with van der Waals surface area (Å²) in [5.41, 5.74) is 5.71. The van der Waals surface area contributed by atoms with Gasteiger partial charge in [-0.3, -0.25) is 0 Å². The van der Waals surface area contributed by atoms with E-state index >= 15 is 0 Å². The third-order valence-corrected chi connectivity index (χ3v) is 2.66. The van der Waals surface area contributed by atoms with Crippen molar-refractivity contribution in [2.24, 2.45) is 5.73 Å². The zero-order valence-corrected chi connectivity index (χ0v) is 12.3. The van der Waals surface area contributed by atoms with E-state index in [2.05, 4.69) is 39.8 Å². The molecule has 2 heteroatoms. The molecule has 0 amide bonds. The maximum absolute atomic E-state index is 5.71. The van der Waals surface area contributed by atoms with Crippen molar-refractivity contribution in [3.05, 3.63) is 0 Å². The second-order valence-electron chi connectivity index (χ2n) is 4.82. The third kappa shape index (κ3) is 19.5. The van der Waals surface area contributed by atoms with Crippen LogP contribution in [-0.4, -0.2) is 31.6 Å². The van der Waals surface area contributed by atoms with Crippen molar-refractivity contribution in [1.82, 2.24) is 4.90 Å². The summed E-state index contributed by atoms with van der Waals surface area (Å²) < 4.78 is 0. The number of unbranched alkanes of at least 4 members (excludes halogenated alkanes) is 3. The summed E-state index contributed by atoms with van der Waals surface area (Å²) in [4.78, 5) is 2.21. The van der Waals surface area contributed by atoms with Gasteiger partial charge in [0.25, 0.3) is 0 Å². The van der Waals surface area contributed by atoms with Gasteiger partial charge in [-0.05, 0) is 39.9 Å². The minimum atomic E-state index is 0.455. The maximum atomic E-state index is 5.71. The molecule has 0 aromatic carbocycles. The summed E-state index contributed by atoms with van der Waals surface area (Å²) in [6.45, 7) is 7.81. The number of nitrogens with zero attached hydrogens (tertiary/aromatic N) is 1. The molecule has 0 aromatic heterocycles. The first kappa shape index (κ1) is 18.3. The highest BCUT2D eigenvalue weighted by Gasteiger charge is 1.96. The minimum Gasteiger partial charge on any atom is -0.328 e. The normalized spacial score (nSPS) is 12.2. The van der Waals surface area contributed by atoms with Crippen LogP contribution < -0.4 is 5.73 Å². The van der Waals surface area contributed by atoms with E-state index in [4.69, 9.17) is 5.73 Å². The highest BCUT2D eigenvalue weighted by Crippen LogP contribution is 2.03. The summed E-state index contributed by atoms with van der Waals surface area (Å²) in [5, 5.41) is 0. The van der Waals surface area contributed by atoms with E-state index in [0.29, 0.717) is 6.04 Å². The van der Waals surface area contributed by atoms with Gasteiger partial charge in [-0.2, -0.15) is 0 Å². The lowest BCUT2D eigenvalue weighted by molar-refractivity contribution is 0.398. The molecule has 0 aliphatic rings. The van der Waals surface area contributed by atoms with E-state index in [9.17, 15) is 0 Å². The van der Waals surface area contributed by atoms with Gasteiger partial charge in [-0.1, -0.05) is 46.5 Å². The summed E-state index contributed by atoms with van der Waals surface area (Å²) in [6, 6.07) is 0.455. The van der Waals surface area contributed by atoms with Crippen LogP contribution in [0.4, 0.5) is 0 Å². The van der Waals surface area contributed by atoms with Gasteiger partial charge in [-0.15, -0.1) is 0 Å². The van der Waals surface area contributed by atoms with Crippen molar-refractivity contribution in [3.8, 4) is 0 Å². The van der Waals surface area contributed by atoms with E-state index in [1.165, 1.54) is 45.1 Å². The predicted octanol–water partition coefficient (Wildman–Crippen LogP) is 3.65. The van der Waals surface area contributed by atoms with Crippen molar-refractivity contribution in [1.29, 1.82) is 0 Å². The SMILES string of the molecule is CCCCCC(N)CC.CCCCN(C)C. The van der Waals surface area contributed by atoms with Crippen LogP contribution in [0.15, 0.2) is 0 Å². The fourth-order valence-electron chi connectivity index (χ4n) is 1.33. The molecule has 0 rings (SSSR count). The van der Waals surface area contributed by atoms with Crippen molar-refractivity contribution in [2.45, 2.75) is 71.8 Å². The Morgan fingerprint density at radius 1 is 0.938 bits per heavy atom. The molecule has 1 unspecified atom stereocenters. The van der Waals surface area contributed by atoms with Gasteiger partial charge < -0.3 is 10.6 Å². The van der Waals surface area contributed by atoms with Crippen LogP contribution >= 0.6 is 0 Å². The summed E-state index contributed by atoms with van der Waals surface area (Å²) in [7, 11) is 4.21. The molecule has 0 bridgehead atoms. The first-order chi connectivity index (χ1) is 7.58. The number of rotatable bonds is 8. The topological polar surface area (TPSA) is 29.3 Å². The van der Waals surface area contributed by atoms with Crippen molar-refractivity contribution < 1.29 is 0 Å². The molecule has 0 heterocycles. The molecule has 0 fully saturated rings. The Balaban J connectivity index is 0. The smallest absolute Gasteiger partial charge is 0.00362 e. The molecule has 2 N–H and O–H groups in total. The first-order valence-electron chi connectivity index (χ1n) is 6.98. The highest BCUT2D eigenvalue weighted by molar-refractivity contribution is 4.56. The molecule has 1 atom stereocenters. The highest BCUT2D eigenvalue weighted by atomic mass is 15.0. The average Bonchev–Trinajstić information content (AvgIpc) is 2.27. The molecule has 0 spiro atoms. The van der Waals surface area contributed by atoms with Crippen LogP contribution in [0.2, 0.25) is 0 Å². The van der Waals surface area contributed by atoms with Crippen molar-refractivity contribution in [2.75, 3.05) is 20.6 Å². The monoisotopic (exact) mass is 230 g/mol. The first-order valence-corrected chi connectivity index (χ1v) is 6.98. The van der Waals surface area contributed by atoms with Gasteiger partial charge in [0, 0.05) is 6.04 Å². The second kappa shape index (κ2) is 14.9. The van der Waals surface area contributed by atoms with Gasteiger partial charge in [-0.25, -0.2) is 0 Å². The van der Waals surface area contributed by atoms with Gasteiger partial charge >= 0.3 is 0 Å². The minimum absolute atomic E-state index is 0.455. The van der Waals surface area contributed by atoms with Gasteiger partial charge in [0.15, 0.2) is 0 Å². The summed E-state index contributed by atoms with van der Waals surface area (Å²) in [6.07, 6.45) is 8.93. The van der Waals surface area contributed by atoms with E-state index in [0.717, 1.165) is 6.42 Å². The Kier molecular flexibility index (Phi) is 17.1. The molecule has 2 nitrogen and oxygen atoms in total. The number of hydrogen-bond donors (Lipinski definition) is 1. The Labute approximate surface area is 104 Å². The molecular formula is C14H34N2. The van der Waals surface area contributed by atoms with Gasteiger partial charge in [0.1, 0.15) is 0 Å². The fraction of sp³-hybridized carbons (Fsp3) is 1.00. The molecule has 0 saturated heterocycles. The largest absolute Gasteiger partial charge is 0.328 e. The lowest BCUT2D eigenvalue weighted by Crippen LogP contribution is -2.17. The molecular weight excluding hydrogens is 196 g/mol. The zero-order valence-electron chi connectivity index (χ0n) is 12.3. The molecule has 0 saturated carbocycles. The molecule has 0 aromatic rings. The number of nitrogens with two attached hydrogens (primary N) is 1. The molecule has 100 valence electrons. The van der Waals surface area contributed by atoms with E-state index in [-0.39, 0.29) is 0 Å². The predicted molar refractivity (Wildman–Crippen MR) is 75.9 cm³/mol. The van der Waals surface area contributed by atoms with Crippen LogP contribution in [0.3, 0.4) is 0 Å². The molecule has 0 aliphatic heterocycles. The maximum Gasteiger partial charge on any atom is 0.00362 e. The van der Waals surface area contributed by atoms with E-state index in [1.54, 1.807) is 0 Å². The third-order valence-electron chi connectivity index (χ3n) is 2.66. The van der Waals surface area contributed by atoms with Crippen LogP contribution in [0.25, 0.3) is 0 Å². The zero-order chi connectivity index (χ0) is 12.8. The Bertz CT molecular complexity index is 113. The van der Waals surface area contributed by atoms with Crippen molar-refractivity contribution in [3.63, 3.8) is 0 Å². The standard InChI is InChI=1S/C8H19N.C6H15N/c1-3-5-6-7-8(9)4-2;1-4-5-6-7(2)3/h8H,3-7,9H2,1-2H3;4-6H2,1-3H3. The second-order valence-corrected chi connectivity index (χ2v) is 4.82. The fourth-order valence-corrected chi connectivity index (χ4v) is 1.33. The van der Waals surface area contributed by atoms with Crippen LogP contribution in [0.1, 0.15) is 65.7 Å². The van der Waals surface area contributed by atoms with E-state index < -0.39 is 0 Å². The van der Waals surface area contributed by atoms with E-state index in [1.807, 2.05) is 0 Å². The molecule has 16 heavy (non-hydrogen) atoms. The molecule has 0 radical (unpaired) electrons. The number of hydrogen-bond acceptors (Lipinski definition) is 2. The van der Waals surface area contributed by atoms with Crippen LogP contribution in [0.5, 0.6) is 0 Å². The van der Waals surface area contributed by atoms with Gasteiger partial charge in [0.2, 0.25) is 0 Å².